The summed E-state index contributed by atoms with van der Waals surface area (Å²) in [5.74, 6) is -0.208. The predicted molar refractivity (Wildman–Crippen MR) is 106 cm³/mol. The zero-order valence-electron chi connectivity index (χ0n) is 14.7. The summed E-state index contributed by atoms with van der Waals surface area (Å²) in [5, 5.41) is 7.51. The van der Waals surface area contributed by atoms with Crippen LogP contribution in [-0.4, -0.2) is 40.2 Å². The molecule has 1 aliphatic rings. The molecule has 1 saturated heterocycles. The van der Waals surface area contributed by atoms with E-state index in [4.69, 9.17) is 4.74 Å². The van der Waals surface area contributed by atoms with Gasteiger partial charge in [0, 0.05) is 16.4 Å². The number of hydrogen-bond acceptors (Lipinski definition) is 4. The van der Waals surface area contributed by atoms with Crippen molar-refractivity contribution in [1.82, 2.24) is 15.1 Å². The maximum absolute atomic E-state index is 13.2. The molecule has 0 unspecified atom stereocenters. The van der Waals surface area contributed by atoms with Gasteiger partial charge in [-0.15, -0.1) is 0 Å². The highest BCUT2D eigenvalue weighted by Crippen LogP contribution is 2.30. The summed E-state index contributed by atoms with van der Waals surface area (Å²) in [4.78, 5) is 27.0. The molecule has 0 bridgehead atoms. The molecule has 138 valence electrons. The van der Waals surface area contributed by atoms with Crippen LogP contribution in [-0.2, 0) is 4.74 Å². The molecule has 2 heterocycles. The van der Waals surface area contributed by atoms with E-state index in [1.54, 1.807) is 29.2 Å². The van der Waals surface area contributed by atoms with Gasteiger partial charge in [0.1, 0.15) is 6.10 Å². The third-order valence-corrected chi connectivity index (χ3v) is 5.45. The fourth-order valence-corrected chi connectivity index (χ4v) is 3.78. The number of ether oxygens (including phenoxy) is 1. The van der Waals surface area contributed by atoms with Gasteiger partial charge < -0.3 is 9.64 Å². The van der Waals surface area contributed by atoms with Crippen molar-refractivity contribution in [2.24, 2.45) is 0 Å². The van der Waals surface area contributed by atoms with Gasteiger partial charge >= 0.3 is 0 Å². The Bertz CT molecular complexity index is 1050. The number of nitrogens with one attached hydrogen (secondary N) is 1. The van der Waals surface area contributed by atoms with E-state index in [9.17, 15) is 9.59 Å². The second-order valence-corrected chi connectivity index (χ2v) is 7.44. The van der Waals surface area contributed by atoms with E-state index in [0.29, 0.717) is 23.9 Å². The maximum atomic E-state index is 13.2. The van der Waals surface area contributed by atoms with Crippen LogP contribution in [0.2, 0.25) is 0 Å². The molecule has 0 saturated carbocycles. The molecule has 2 atom stereocenters. The lowest BCUT2D eigenvalue weighted by molar-refractivity contribution is -0.0553. The topological polar surface area (TPSA) is 75.3 Å². The van der Waals surface area contributed by atoms with Gasteiger partial charge in [0.2, 0.25) is 0 Å². The van der Waals surface area contributed by atoms with Crippen molar-refractivity contribution in [1.29, 1.82) is 0 Å². The van der Waals surface area contributed by atoms with Crippen molar-refractivity contribution in [3.05, 3.63) is 74.6 Å². The standard InChI is InChI=1S/C20H18BrN3O3/c1-12-18(13-6-8-14(21)9-7-13)27-11-10-24(12)20(26)17-15-4-2-3-5-16(15)19(25)23-22-17/h2-9,12,18H,10-11H2,1H3,(H,23,25)/t12-,18-/m0/s1. The maximum Gasteiger partial charge on any atom is 0.275 e. The van der Waals surface area contributed by atoms with Crippen molar-refractivity contribution in [2.45, 2.75) is 19.1 Å². The Morgan fingerprint density at radius 2 is 1.89 bits per heavy atom. The molecule has 27 heavy (non-hydrogen) atoms. The van der Waals surface area contributed by atoms with Crippen LogP contribution in [0.5, 0.6) is 0 Å². The minimum atomic E-state index is -0.301. The predicted octanol–water partition coefficient (Wildman–Crippen LogP) is 3.29. The number of H-pyrrole nitrogens is 1. The van der Waals surface area contributed by atoms with Crippen LogP contribution in [0.1, 0.15) is 29.1 Å². The van der Waals surface area contributed by atoms with Gasteiger partial charge in [-0.25, -0.2) is 5.10 Å². The Balaban J connectivity index is 1.69. The first kappa shape index (κ1) is 17.9. The van der Waals surface area contributed by atoms with Crippen molar-refractivity contribution in [3.8, 4) is 0 Å². The molecule has 7 heteroatoms. The highest BCUT2D eigenvalue weighted by Gasteiger charge is 2.34. The summed E-state index contributed by atoms with van der Waals surface area (Å²) in [6, 6.07) is 14.8. The first-order chi connectivity index (χ1) is 13.1. The van der Waals surface area contributed by atoms with Crippen LogP contribution in [0.15, 0.2) is 57.8 Å². The largest absolute Gasteiger partial charge is 0.370 e. The number of aromatic amines is 1. The summed E-state index contributed by atoms with van der Waals surface area (Å²) < 4.78 is 6.94. The number of halogens is 1. The quantitative estimate of drug-likeness (QED) is 0.680. The molecule has 6 nitrogen and oxygen atoms in total. The van der Waals surface area contributed by atoms with Crippen LogP contribution >= 0.6 is 15.9 Å². The van der Waals surface area contributed by atoms with E-state index in [1.165, 1.54) is 0 Å². The molecule has 0 radical (unpaired) electrons. The lowest BCUT2D eigenvalue weighted by Crippen LogP contribution is -2.49. The molecular weight excluding hydrogens is 410 g/mol. The number of nitrogens with zero attached hydrogens (tertiary/aromatic N) is 2. The zero-order chi connectivity index (χ0) is 19.0. The van der Waals surface area contributed by atoms with E-state index in [2.05, 4.69) is 26.1 Å². The Morgan fingerprint density at radius 3 is 2.63 bits per heavy atom. The number of aromatic nitrogens is 2. The fourth-order valence-electron chi connectivity index (χ4n) is 3.51. The van der Waals surface area contributed by atoms with Gasteiger partial charge in [-0.2, -0.15) is 5.10 Å². The Labute approximate surface area is 164 Å². The van der Waals surface area contributed by atoms with Gasteiger partial charge in [0.15, 0.2) is 5.69 Å². The van der Waals surface area contributed by atoms with Gasteiger partial charge in [-0.05, 0) is 30.7 Å². The van der Waals surface area contributed by atoms with E-state index in [0.717, 1.165) is 10.0 Å². The minimum absolute atomic E-state index is 0.167. The van der Waals surface area contributed by atoms with Gasteiger partial charge in [0.25, 0.3) is 11.5 Å². The molecule has 1 aliphatic heterocycles. The number of benzene rings is 2. The highest BCUT2D eigenvalue weighted by atomic mass is 79.9. The number of hydrogen-bond donors (Lipinski definition) is 1. The average Bonchev–Trinajstić information content (AvgIpc) is 2.69. The molecule has 3 aromatic rings. The number of carbonyl (C=O) groups excluding carboxylic acids is 1. The normalized spacial score (nSPS) is 20.0. The van der Waals surface area contributed by atoms with Crippen LogP contribution in [0, 0.1) is 0 Å². The molecule has 0 spiro atoms. The van der Waals surface area contributed by atoms with Crippen LogP contribution in [0.25, 0.3) is 10.8 Å². The van der Waals surface area contributed by atoms with Crippen molar-refractivity contribution in [3.63, 3.8) is 0 Å². The zero-order valence-corrected chi connectivity index (χ0v) is 16.3. The van der Waals surface area contributed by atoms with Crippen LogP contribution in [0.4, 0.5) is 0 Å². The molecule has 1 fully saturated rings. The number of carbonyl (C=O) groups is 1. The lowest BCUT2D eigenvalue weighted by atomic mass is 10.00. The van der Waals surface area contributed by atoms with Crippen molar-refractivity contribution >= 4 is 32.6 Å². The van der Waals surface area contributed by atoms with Gasteiger partial charge in [-0.3, -0.25) is 9.59 Å². The Hall–Kier alpha value is -2.51. The number of morpholine rings is 1. The Kier molecular flexibility index (Phi) is 4.80. The average molecular weight is 428 g/mol. The van der Waals surface area contributed by atoms with Gasteiger partial charge in [-0.1, -0.05) is 46.3 Å². The summed E-state index contributed by atoms with van der Waals surface area (Å²) >= 11 is 3.44. The van der Waals surface area contributed by atoms with E-state index < -0.39 is 0 Å². The van der Waals surface area contributed by atoms with Crippen LogP contribution < -0.4 is 5.56 Å². The number of fused-ring (bicyclic) bond motifs is 1. The van der Waals surface area contributed by atoms with E-state index >= 15 is 0 Å². The van der Waals surface area contributed by atoms with E-state index in [-0.39, 0.29) is 29.3 Å². The molecule has 2 aromatic carbocycles. The second kappa shape index (κ2) is 7.25. The number of amides is 1. The first-order valence-corrected chi connectivity index (χ1v) is 9.51. The van der Waals surface area contributed by atoms with Crippen molar-refractivity contribution < 1.29 is 9.53 Å². The highest BCUT2D eigenvalue weighted by molar-refractivity contribution is 9.10. The SMILES string of the molecule is C[C@H]1[C@@H](c2ccc(Br)cc2)OCCN1C(=O)c1n[nH]c(=O)c2ccccc12. The molecule has 0 aliphatic carbocycles. The molecular formula is C20H18BrN3O3. The molecule has 1 amide bonds. The first-order valence-electron chi connectivity index (χ1n) is 8.71. The third kappa shape index (κ3) is 3.28. The lowest BCUT2D eigenvalue weighted by Gasteiger charge is -2.39. The molecule has 1 N–H and O–H groups in total. The smallest absolute Gasteiger partial charge is 0.275 e. The van der Waals surface area contributed by atoms with Crippen molar-refractivity contribution in [2.75, 3.05) is 13.2 Å². The second-order valence-electron chi connectivity index (χ2n) is 6.53. The van der Waals surface area contributed by atoms with Gasteiger partial charge in [0.05, 0.1) is 18.0 Å². The van der Waals surface area contributed by atoms with E-state index in [1.807, 2.05) is 31.2 Å². The number of rotatable bonds is 2. The molecule has 1 aromatic heterocycles. The summed E-state index contributed by atoms with van der Waals surface area (Å²) in [5.41, 5.74) is 0.973. The fraction of sp³-hybridized carbons (Fsp3) is 0.250. The molecule has 4 rings (SSSR count). The Morgan fingerprint density at radius 1 is 1.19 bits per heavy atom. The van der Waals surface area contributed by atoms with Crippen LogP contribution in [0.3, 0.4) is 0 Å². The monoisotopic (exact) mass is 427 g/mol. The summed E-state index contributed by atoms with van der Waals surface area (Å²) in [6.07, 6.45) is -0.218. The summed E-state index contributed by atoms with van der Waals surface area (Å²) in [6.45, 7) is 2.89. The minimum Gasteiger partial charge on any atom is -0.370 e. The third-order valence-electron chi connectivity index (χ3n) is 4.92. The summed E-state index contributed by atoms with van der Waals surface area (Å²) in [7, 11) is 0.